The fourth-order valence-corrected chi connectivity index (χ4v) is 4.17. The lowest BCUT2D eigenvalue weighted by atomic mass is 9.97. The minimum absolute atomic E-state index is 0.00792. The number of amides is 1. The van der Waals surface area contributed by atoms with E-state index in [4.69, 9.17) is 4.74 Å². The minimum atomic E-state index is -0.470. The summed E-state index contributed by atoms with van der Waals surface area (Å²) in [6.45, 7) is 4.79. The Morgan fingerprint density at radius 3 is 2.64 bits per heavy atom. The van der Waals surface area contributed by atoms with E-state index in [9.17, 15) is 14.9 Å². The van der Waals surface area contributed by atoms with Gasteiger partial charge in [-0.15, -0.1) is 11.3 Å². The minimum Gasteiger partial charge on any atom is -0.484 e. The van der Waals surface area contributed by atoms with Gasteiger partial charge in [0.2, 0.25) is 0 Å². The van der Waals surface area contributed by atoms with Crippen molar-refractivity contribution in [2.24, 2.45) is 5.92 Å². The molecular weight excluding hydrogens is 378 g/mol. The van der Waals surface area contributed by atoms with Crippen LogP contribution in [0.2, 0.25) is 0 Å². The third-order valence-corrected chi connectivity index (χ3v) is 6.01. The van der Waals surface area contributed by atoms with Gasteiger partial charge < -0.3 is 10.1 Å². The molecule has 1 aliphatic rings. The Kier molecular flexibility index (Phi) is 7.00. The van der Waals surface area contributed by atoms with Crippen LogP contribution in [0.5, 0.6) is 5.75 Å². The molecule has 1 N–H and O–H groups in total. The number of piperidine rings is 1. The third kappa shape index (κ3) is 5.53. The maximum Gasteiger partial charge on any atom is 0.269 e. The van der Waals surface area contributed by atoms with Crippen molar-refractivity contribution < 1.29 is 14.5 Å². The Morgan fingerprint density at radius 2 is 2.04 bits per heavy atom. The fraction of sp³-hybridized carbons (Fsp3) is 0.450. The van der Waals surface area contributed by atoms with Crippen LogP contribution in [0.3, 0.4) is 0 Å². The number of hydrogen-bond donors (Lipinski definition) is 1. The van der Waals surface area contributed by atoms with Crippen LogP contribution in [0.4, 0.5) is 5.69 Å². The molecule has 1 aliphatic heterocycles. The van der Waals surface area contributed by atoms with Gasteiger partial charge in [0.25, 0.3) is 11.6 Å². The molecule has 2 heterocycles. The summed E-state index contributed by atoms with van der Waals surface area (Å²) in [5.41, 5.74) is -0.00792. The van der Waals surface area contributed by atoms with E-state index >= 15 is 0 Å². The smallest absolute Gasteiger partial charge is 0.269 e. The number of nitrogens with zero attached hydrogens (tertiary/aromatic N) is 2. The van der Waals surface area contributed by atoms with Crippen molar-refractivity contribution in [3.8, 4) is 5.75 Å². The van der Waals surface area contributed by atoms with Crippen LogP contribution in [0, 0.1) is 16.0 Å². The van der Waals surface area contributed by atoms with Crippen molar-refractivity contribution in [3.63, 3.8) is 0 Å². The lowest BCUT2D eigenvalue weighted by molar-refractivity contribution is -0.384. The number of rotatable bonds is 8. The number of nitro benzene ring substituents is 1. The van der Waals surface area contributed by atoms with Crippen molar-refractivity contribution in [2.45, 2.75) is 25.8 Å². The van der Waals surface area contributed by atoms with Crippen LogP contribution in [-0.2, 0) is 4.79 Å². The highest BCUT2D eigenvalue weighted by Crippen LogP contribution is 2.29. The van der Waals surface area contributed by atoms with E-state index in [1.54, 1.807) is 11.3 Å². The van der Waals surface area contributed by atoms with Crippen molar-refractivity contribution in [1.82, 2.24) is 10.2 Å². The number of benzene rings is 1. The van der Waals surface area contributed by atoms with E-state index in [2.05, 4.69) is 28.6 Å². The van der Waals surface area contributed by atoms with Crippen LogP contribution in [0.25, 0.3) is 0 Å². The van der Waals surface area contributed by atoms with Crippen molar-refractivity contribution in [3.05, 3.63) is 56.8 Å². The van der Waals surface area contributed by atoms with Gasteiger partial charge in [-0.05, 0) is 55.4 Å². The van der Waals surface area contributed by atoms with Crippen LogP contribution in [0.1, 0.15) is 30.7 Å². The molecule has 8 heteroatoms. The Bertz CT molecular complexity index is 771. The summed E-state index contributed by atoms with van der Waals surface area (Å²) < 4.78 is 5.44. The standard InChI is InChI=1S/C20H25N3O4S/c1-15-8-10-22(11-9-15)18(19-3-2-12-28-19)13-21-20(24)14-27-17-6-4-16(5-7-17)23(25)26/h2-7,12,15,18H,8-11,13-14H2,1H3,(H,21,24). The molecule has 150 valence electrons. The van der Waals surface area contributed by atoms with Crippen molar-refractivity contribution in [2.75, 3.05) is 26.2 Å². The number of carbonyl (C=O) groups excluding carboxylic acids is 1. The van der Waals surface area contributed by atoms with Gasteiger partial charge in [0.15, 0.2) is 6.61 Å². The maximum absolute atomic E-state index is 12.2. The van der Waals surface area contributed by atoms with Gasteiger partial charge >= 0.3 is 0 Å². The summed E-state index contributed by atoms with van der Waals surface area (Å²) in [5, 5.41) is 15.7. The highest BCUT2D eigenvalue weighted by atomic mass is 32.1. The number of nitrogens with one attached hydrogen (secondary N) is 1. The van der Waals surface area contributed by atoms with Gasteiger partial charge in [0, 0.05) is 23.6 Å². The molecule has 1 unspecified atom stereocenters. The summed E-state index contributed by atoms with van der Waals surface area (Å²) in [6, 6.07) is 10.0. The summed E-state index contributed by atoms with van der Waals surface area (Å²) in [5.74, 6) is 0.982. The normalized spacial score (nSPS) is 16.5. The van der Waals surface area contributed by atoms with E-state index in [1.807, 2.05) is 6.07 Å². The summed E-state index contributed by atoms with van der Waals surface area (Å²) in [4.78, 5) is 26.1. The fourth-order valence-electron chi connectivity index (χ4n) is 3.31. The second kappa shape index (κ2) is 9.66. The topological polar surface area (TPSA) is 84.7 Å². The second-order valence-electron chi connectivity index (χ2n) is 7.09. The zero-order chi connectivity index (χ0) is 19.9. The number of non-ortho nitro benzene ring substituents is 1. The van der Waals surface area contributed by atoms with E-state index in [0.29, 0.717) is 12.3 Å². The van der Waals surface area contributed by atoms with Gasteiger partial charge in [0.1, 0.15) is 5.75 Å². The van der Waals surface area contributed by atoms with Crippen LogP contribution in [-0.4, -0.2) is 42.0 Å². The number of nitro groups is 1. The van der Waals surface area contributed by atoms with Crippen molar-refractivity contribution in [1.29, 1.82) is 0 Å². The molecular formula is C20H25N3O4S. The van der Waals surface area contributed by atoms with Gasteiger partial charge in [-0.25, -0.2) is 0 Å². The molecule has 1 saturated heterocycles. The third-order valence-electron chi connectivity index (χ3n) is 5.04. The highest BCUT2D eigenvalue weighted by molar-refractivity contribution is 7.10. The predicted octanol–water partition coefficient (Wildman–Crippen LogP) is 3.62. The Morgan fingerprint density at radius 1 is 1.32 bits per heavy atom. The molecule has 28 heavy (non-hydrogen) atoms. The first-order valence-corrected chi connectivity index (χ1v) is 10.3. The van der Waals surface area contributed by atoms with Gasteiger partial charge in [-0.3, -0.25) is 19.8 Å². The highest BCUT2D eigenvalue weighted by Gasteiger charge is 2.25. The Balaban J connectivity index is 1.51. The summed E-state index contributed by atoms with van der Waals surface area (Å²) in [7, 11) is 0. The molecule has 1 aromatic heterocycles. The van der Waals surface area contributed by atoms with Crippen molar-refractivity contribution >= 4 is 22.9 Å². The average molecular weight is 404 g/mol. The lowest BCUT2D eigenvalue weighted by Gasteiger charge is -2.36. The molecule has 0 spiro atoms. The quantitative estimate of drug-likeness (QED) is 0.537. The first-order chi connectivity index (χ1) is 13.5. The molecule has 0 saturated carbocycles. The largest absolute Gasteiger partial charge is 0.484 e. The van der Waals surface area contributed by atoms with E-state index in [1.165, 1.54) is 42.0 Å². The van der Waals surface area contributed by atoms with Crippen LogP contribution < -0.4 is 10.1 Å². The van der Waals surface area contributed by atoms with Crippen LogP contribution in [0.15, 0.2) is 41.8 Å². The number of ether oxygens (including phenoxy) is 1. The molecule has 1 amide bonds. The first kappa shape index (κ1) is 20.3. The first-order valence-electron chi connectivity index (χ1n) is 9.44. The average Bonchev–Trinajstić information content (AvgIpc) is 3.22. The molecule has 3 rings (SSSR count). The molecule has 1 fully saturated rings. The lowest BCUT2D eigenvalue weighted by Crippen LogP contribution is -2.42. The Hall–Kier alpha value is -2.45. The van der Waals surface area contributed by atoms with E-state index in [-0.39, 0.29) is 24.2 Å². The molecule has 1 aromatic carbocycles. The maximum atomic E-state index is 12.2. The molecule has 0 radical (unpaired) electrons. The predicted molar refractivity (Wildman–Crippen MR) is 109 cm³/mol. The molecule has 0 aliphatic carbocycles. The second-order valence-corrected chi connectivity index (χ2v) is 8.07. The molecule has 1 atom stereocenters. The SMILES string of the molecule is CC1CCN(C(CNC(=O)COc2ccc([N+](=O)[O-])cc2)c2cccs2)CC1. The molecule has 7 nitrogen and oxygen atoms in total. The zero-order valence-electron chi connectivity index (χ0n) is 15.9. The van der Waals surface area contributed by atoms with Gasteiger partial charge in [0.05, 0.1) is 11.0 Å². The van der Waals surface area contributed by atoms with E-state index in [0.717, 1.165) is 19.0 Å². The monoisotopic (exact) mass is 403 g/mol. The van der Waals surface area contributed by atoms with Gasteiger partial charge in [-0.1, -0.05) is 13.0 Å². The molecule has 2 aromatic rings. The number of likely N-dealkylation sites (tertiary alicyclic amines) is 1. The van der Waals surface area contributed by atoms with E-state index < -0.39 is 4.92 Å². The molecule has 0 bridgehead atoms. The number of carbonyl (C=O) groups is 1. The summed E-state index contributed by atoms with van der Waals surface area (Å²) >= 11 is 1.71. The summed E-state index contributed by atoms with van der Waals surface area (Å²) in [6.07, 6.45) is 2.36. The Labute approximate surface area is 168 Å². The van der Waals surface area contributed by atoms with Crippen LogP contribution >= 0.6 is 11.3 Å². The number of thiophene rings is 1. The number of hydrogen-bond acceptors (Lipinski definition) is 6. The zero-order valence-corrected chi connectivity index (χ0v) is 16.7. The van der Waals surface area contributed by atoms with Gasteiger partial charge in [-0.2, -0.15) is 0 Å².